The maximum Gasteiger partial charge on any atom is 0.416 e. The topological polar surface area (TPSA) is 79.8 Å². The maximum absolute atomic E-state index is 13.3. The number of amides is 1. The molecule has 1 N–H and O–H groups in total. The molecule has 1 heterocycles. The van der Waals surface area contributed by atoms with Crippen LogP contribution in [0.25, 0.3) is 0 Å². The molecule has 0 aliphatic carbocycles. The Morgan fingerprint density at radius 2 is 2.00 bits per heavy atom. The molecule has 0 fully saturated rings. The Kier molecular flexibility index (Phi) is 7.95. The van der Waals surface area contributed by atoms with Crippen molar-refractivity contribution >= 4 is 17.4 Å². The highest BCUT2D eigenvalue weighted by molar-refractivity contribution is 5.96. The summed E-state index contributed by atoms with van der Waals surface area (Å²) >= 11 is 0. The molecule has 0 spiro atoms. The van der Waals surface area contributed by atoms with E-state index in [4.69, 9.17) is 9.57 Å². The second kappa shape index (κ2) is 10.2. The van der Waals surface area contributed by atoms with Gasteiger partial charge in [0.2, 0.25) is 5.91 Å². The van der Waals surface area contributed by atoms with Crippen molar-refractivity contribution in [3.05, 3.63) is 42.4 Å². The maximum atomic E-state index is 13.3. The minimum atomic E-state index is -4.59. The second-order valence-electron chi connectivity index (χ2n) is 6.64. The molecule has 1 aromatic carbocycles. The molecule has 0 radical (unpaired) electrons. The van der Waals surface area contributed by atoms with Gasteiger partial charge in [0.15, 0.2) is 5.82 Å². The van der Waals surface area contributed by atoms with Gasteiger partial charge in [-0.05, 0) is 33.2 Å². The first kappa shape index (κ1) is 23.4. The first-order chi connectivity index (χ1) is 14.1. The van der Waals surface area contributed by atoms with Crippen molar-refractivity contribution < 1.29 is 27.5 Å². The number of hydrogen-bond donors (Lipinski definition) is 1. The molecular formula is C19H24F3N5O3. The van der Waals surface area contributed by atoms with E-state index in [1.165, 1.54) is 43.8 Å². The van der Waals surface area contributed by atoms with Crippen molar-refractivity contribution in [1.29, 1.82) is 0 Å². The number of carbonyl (C=O) groups is 1. The number of anilines is 2. The van der Waals surface area contributed by atoms with E-state index in [0.717, 1.165) is 12.1 Å². The highest BCUT2D eigenvalue weighted by atomic mass is 19.4. The molecule has 0 unspecified atom stereocenters. The largest absolute Gasteiger partial charge is 0.492 e. The summed E-state index contributed by atoms with van der Waals surface area (Å²) in [4.78, 5) is 27.5. The number of hydroxylamine groups is 1. The van der Waals surface area contributed by atoms with E-state index in [0.29, 0.717) is 12.4 Å². The van der Waals surface area contributed by atoms with Gasteiger partial charge < -0.3 is 15.0 Å². The lowest BCUT2D eigenvalue weighted by atomic mass is 10.1. The smallest absolute Gasteiger partial charge is 0.416 e. The second-order valence-corrected chi connectivity index (χ2v) is 6.64. The lowest BCUT2D eigenvalue weighted by Gasteiger charge is -2.26. The SMILES string of the molecule is CON(c1ccncn1)[C@@H](C)C(=O)Nc1cc(OCCN(C)C)cc(C(F)(F)F)c1. The molecule has 0 aliphatic heterocycles. The third kappa shape index (κ3) is 6.56. The zero-order valence-corrected chi connectivity index (χ0v) is 17.1. The lowest BCUT2D eigenvalue weighted by molar-refractivity contribution is -0.137. The van der Waals surface area contributed by atoms with Crippen molar-refractivity contribution in [3.8, 4) is 5.75 Å². The third-order valence-corrected chi connectivity index (χ3v) is 4.03. The molecule has 1 amide bonds. The van der Waals surface area contributed by atoms with Gasteiger partial charge in [0.25, 0.3) is 0 Å². The number of aromatic nitrogens is 2. The van der Waals surface area contributed by atoms with Crippen LogP contribution in [0.3, 0.4) is 0 Å². The summed E-state index contributed by atoms with van der Waals surface area (Å²) in [6.07, 6.45) is -1.83. The fourth-order valence-electron chi connectivity index (χ4n) is 2.48. The summed E-state index contributed by atoms with van der Waals surface area (Å²) in [7, 11) is 5.00. The van der Waals surface area contributed by atoms with Gasteiger partial charge in [-0.15, -0.1) is 0 Å². The minimum absolute atomic E-state index is 0.00836. The molecule has 11 heteroatoms. The first-order valence-corrected chi connectivity index (χ1v) is 9.02. The minimum Gasteiger partial charge on any atom is -0.492 e. The van der Waals surface area contributed by atoms with E-state index in [9.17, 15) is 18.0 Å². The zero-order chi connectivity index (χ0) is 22.3. The van der Waals surface area contributed by atoms with Crippen LogP contribution < -0.4 is 15.1 Å². The monoisotopic (exact) mass is 427 g/mol. The van der Waals surface area contributed by atoms with Gasteiger partial charge in [0.05, 0.1) is 12.7 Å². The Morgan fingerprint density at radius 1 is 1.27 bits per heavy atom. The van der Waals surface area contributed by atoms with Crippen LogP contribution in [0.2, 0.25) is 0 Å². The van der Waals surface area contributed by atoms with Crippen molar-refractivity contribution in [2.45, 2.75) is 19.1 Å². The number of ether oxygens (including phenoxy) is 1. The third-order valence-electron chi connectivity index (χ3n) is 4.03. The summed E-state index contributed by atoms with van der Waals surface area (Å²) in [5, 5.41) is 3.71. The van der Waals surface area contributed by atoms with E-state index in [-0.39, 0.29) is 18.0 Å². The number of carbonyl (C=O) groups excluding carboxylic acids is 1. The number of nitrogens with zero attached hydrogens (tertiary/aromatic N) is 4. The van der Waals surface area contributed by atoms with Crippen LogP contribution in [0, 0.1) is 0 Å². The first-order valence-electron chi connectivity index (χ1n) is 9.02. The molecule has 0 saturated carbocycles. The number of halogens is 3. The Hall–Kier alpha value is -2.92. The molecule has 8 nitrogen and oxygen atoms in total. The van der Waals surface area contributed by atoms with E-state index < -0.39 is 23.7 Å². The van der Waals surface area contributed by atoms with Crippen LogP contribution in [-0.2, 0) is 15.8 Å². The quantitative estimate of drug-likeness (QED) is 0.617. The van der Waals surface area contributed by atoms with Gasteiger partial charge in [-0.25, -0.2) is 15.0 Å². The fourth-order valence-corrected chi connectivity index (χ4v) is 2.48. The summed E-state index contributed by atoms with van der Waals surface area (Å²) in [6.45, 7) is 2.25. The van der Waals surface area contributed by atoms with Crippen LogP contribution >= 0.6 is 0 Å². The van der Waals surface area contributed by atoms with E-state index >= 15 is 0 Å². The number of nitrogens with one attached hydrogen (secondary N) is 1. The molecule has 164 valence electrons. The Morgan fingerprint density at radius 3 is 2.57 bits per heavy atom. The van der Waals surface area contributed by atoms with Crippen LogP contribution in [0.15, 0.2) is 36.8 Å². The molecular weight excluding hydrogens is 403 g/mol. The van der Waals surface area contributed by atoms with Crippen molar-refractivity contribution in [1.82, 2.24) is 14.9 Å². The predicted molar refractivity (Wildman–Crippen MR) is 105 cm³/mol. The van der Waals surface area contributed by atoms with Crippen molar-refractivity contribution in [2.24, 2.45) is 0 Å². The summed E-state index contributed by atoms with van der Waals surface area (Å²) in [6, 6.07) is 3.74. The molecule has 0 aliphatic rings. The fraction of sp³-hybridized carbons (Fsp3) is 0.421. The predicted octanol–water partition coefficient (Wildman–Crippen LogP) is 2.83. The highest BCUT2D eigenvalue weighted by Crippen LogP contribution is 2.34. The number of likely N-dealkylation sites (N-methyl/N-ethyl adjacent to an activating group) is 1. The number of rotatable bonds is 9. The molecule has 0 bridgehead atoms. The molecule has 1 aromatic heterocycles. The summed E-state index contributed by atoms with van der Waals surface area (Å²) in [5.74, 6) is -0.255. The number of benzene rings is 1. The van der Waals surface area contributed by atoms with Gasteiger partial charge in [-0.2, -0.15) is 13.2 Å². The Labute approximate surface area is 172 Å². The molecule has 2 aromatic rings. The molecule has 1 atom stereocenters. The molecule has 0 saturated heterocycles. The van der Waals surface area contributed by atoms with Gasteiger partial charge in [-0.3, -0.25) is 9.63 Å². The Bertz CT molecular complexity index is 834. The normalized spacial score (nSPS) is 12.5. The molecule has 2 rings (SSSR count). The highest BCUT2D eigenvalue weighted by Gasteiger charge is 2.32. The van der Waals surface area contributed by atoms with Crippen LogP contribution in [-0.4, -0.2) is 61.2 Å². The van der Waals surface area contributed by atoms with Crippen LogP contribution in [0.5, 0.6) is 5.75 Å². The lowest BCUT2D eigenvalue weighted by Crippen LogP contribution is -2.42. The summed E-state index contributed by atoms with van der Waals surface area (Å²) < 4.78 is 45.3. The zero-order valence-electron chi connectivity index (χ0n) is 17.1. The van der Waals surface area contributed by atoms with E-state index in [2.05, 4.69) is 15.3 Å². The van der Waals surface area contributed by atoms with E-state index in [1.807, 2.05) is 19.0 Å². The average molecular weight is 427 g/mol. The van der Waals surface area contributed by atoms with Gasteiger partial charge in [-0.1, -0.05) is 0 Å². The van der Waals surface area contributed by atoms with Gasteiger partial charge >= 0.3 is 6.18 Å². The Balaban J connectivity index is 2.21. The standard InChI is InChI=1S/C19H24F3N5O3/c1-13(27(29-4)17-5-6-23-12-24-17)18(28)25-15-9-14(19(20,21)22)10-16(11-15)30-8-7-26(2)3/h5-6,9-13H,7-8H2,1-4H3,(H,25,28)/t13-/m0/s1. The summed E-state index contributed by atoms with van der Waals surface area (Å²) in [5.41, 5.74) is -0.965. The number of alkyl halides is 3. The number of hydrogen-bond acceptors (Lipinski definition) is 7. The molecule has 30 heavy (non-hydrogen) atoms. The van der Waals surface area contributed by atoms with Crippen LogP contribution in [0.4, 0.5) is 24.7 Å². The van der Waals surface area contributed by atoms with E-state index in [1.54, 1.807) is 0 Å². The van der Waals surface area contributed by atoms with Crippen molar-refractivity contribution in [2.75, 3.05) is 44.7 Å². The average Bonchev–Trinajstić information content (AvgIpc) is 2.68. The van der Waals surface area contributed by atoms with Gasteiger partial charge in [0, 0.05) is 30.6 Å². The van der Waals surface area contributed by atoms with Crippen molar-refractivity contribution in [3.63, 3.8) is 0 Å². The van der Waals surface area contributed by atoms with Crippen LogP contribution in [0.1, 0.15) is 12.5 Å². The van der Waals surface area contributed by atoms with Gasteiger partial charge in [0.1, 0.15) is 24.7 Å².